The van der Waals surface area contributed by atoms with Gasteiger partial charge in [0.1, 0.15) is 0 Å². The molecule has 1 aliphatic heterocycles. The van der Waals surface area contributed by atoms with Crippen molar-refractivity contribution >= 4 is 6.09 Å². The minimum atomic E-state index is -0.855. The van der Waals surface area contributed by atoms with Crippen molar-refractivity contribution in [3.8, 4) is 0 Å². The molecule has 0 aromatic rings. The zero-order valence-electron chi connectivity index (χ0n) is 6.66. The molecule has 0 radical (unpaired) electrons. The van der Waals surface area contributed by atoms with Crippen molar-refractivity contribution in [2.45, 2.75) is 19.4 Å². The van der Waals surface area contributed by atoms with E-state index in [0.717, 1.165) is 6.42 Å². The van der Waals surface area contributed by atoms with E-state index in [1.54, 1.807) is 0 Å². The summed E-state index contributed by atoms with van der Waals surface area (Å²) in [4.78, 5) is 11.9. The average Bonchev–Trinajstić information content (AvgIpc) is 1.85. The number of nitrogens with two attached hydrogens (primary N) is 1. The summed E-state index contributed by atoms with van der Waals surface area (Å²) in [5.74, 6) is 0.398. The van der Waals surface area contributed by atoms with E-state index in [1.165, 1.54) is 4.90 Å². The molecule has 64 valence electrons. The maximum atomic E-state index is 10.5. The highest BCUT2D eigenvalue weighted by molar-refractivity contribution is 5.65. The second kappa shape index (κ2) is 3.09. The van der Waals surface area contributed by atoms with Gasteiger partial charge in [0, 0.05) is 19.1 Å². The van der Waals surface area contributed by atoms with E-state index >= 15 is 0 Å². The van der Waals surface area contributed by atoms with Crippen LogP contribution in [0.1, 0.15) is 13.3 Å². The van der Waals surface area contributed by atoms with Crippen LogP contribution in [0.15, 0.2) is 0 Å². The second-order valence-corrected chi connectivity index (χ2v) is 3.29. The van der Waals surface area contributed by atoms with Gasteiger partial charge in [-0.25, -0.2) is 4.79 Å². The van der Waals surface area contributed by atoms with E-state index in [1.807, 2.05) is 6.92 Å². The number of hydrogen-bond donors (Lipinski definition) is 2. The zero-order valence-corrected chi connectivity index (χ0v) is 6.66. The van der Waals surface area contributed by atoms with Gasteiger partial charge < -0.3 is 15.7 Å². The fraction of sp³-hybridized carbons (Fsp3) is 0.857. The van der Waals surface area contributed by atoms with E-state index in [0.29, 0.717) is 19.0 Å². The third-order valence-corrected chi connectivity index (χ3v) is 1.96. The molecule has 1 saturated heterocycles. The molecule has 2 atom stereocenters. The van der Waals surface area contributed by atoms with Gasteiger partial charge >= 0.3 is 6.09 Å². The molecule has 3 N–H and O–H groups in total. The molecule has 0 bridgehead atoms. The Bertz CT molecular complexity index is 151. The van der Waals surface area contributed by atoms with E-state index in [-0.39, 0.29) is 6.04 Å². The molecule has 1 amide bonds. The van der Waals surface area contributed by atoms with Crippen molar-refractivity contribution in [3.05, 3.63) is 0 Å². The average molecular weight is 158 g/mol. The van der Waals surface area contributed by atoms with E-state index in [9.17, 15) is 4.79 Å². The first kappa shape index (κ1) is 8.33. The molecule has 0 unspecified atom stereocenters. The van der Waals surface area contributed by atoms with Gasteiger partial charge in [-0.1, -0.05) is 6.92 Å². The van der Waals surface area contributed by atoms with Crippen molar-refractivity contribution in [3.63, 3.8) is 0 Å². The summed E-state index contributed by atoms with van der Waals surface area (Å²) in [6.07, 6.45) is 0.0797. The van der Waals surface area contributed by atoms with Gasteiger partial charge in [-0.15, -0.1) is 0 Å². The van der Waals surface area contributed by atoms with Gasteiger partial charge in [0.05, 0.1) is 0 Å². The molecule has 0 aliphatic carbocycles. The Kier molecular flexibility index (Phi) is 2.34. The predicted octanol–water partition coefficient (Wildman–Crippen LogP) is 0.334. The second-order valence-electron chi connectivity index (χ2n) is 3.29. The summed E-state index contributed by atoms with van der Waals surface area (Å²) >= 11 is 0. The number of nitrogens with zero attached hydrogens (tertiary/aromatic N) is 1. The lowest BCUT2D eigenvalue weighted by molar-refractivity contribution is 0.116. The molecule has 1 heterocycles. The van der Waals surface area contributed by atoms with Gasteiger partial charge in [0.15, 0.2) is 0 Å². The number of rotatable bonds is 0. The van der Waals surface area contributed by atoms with Crippen LogP contribution in [0.4, 0.5) is 4.79 Å². The topological polar surface area (TPSA) is 66.6 Å². The number of piperidine rings is 1. The Morgan fingerprint density at radius 1 is 1.64 bits per heavy atom. The van der Waals surface area contributed by atoms with Crippen LogP contribution in [0.2, 0.25) is 0 Å². The van der Waals surface area contributed by atoms with Crippen LogP contribution in [0.25, 0.3) is 0 Å². The van der Waals surface area contributed by atoms with Crippen LogP contribution >= 0.6 is 0 Å². The third kappa shape index (κ3) is 2.08. The molecule has 4 heteroatoms. The van der Waals surface area contributed by atoms with Crippen LogP contribution < -0.4 is 5.73 Å². The summed E-state index contributed by atoms with van der Waals surface area (Å²) in [6, 6.07) is 0.0230. The summed E-state index contributed by atoms with van der Waals surface area (Å²) in [5, 5.41) is 8.64. The molecular weight excluding hydrogens is 144 g/mol. The van der Waals surface area contributed by atoms with Crippen molar-refractivity contribution in [1.82, 2.24) is 4.90 Å². The summed E-state index contributed by atoms with van der Waals surface area (Å²) < 4.78 is 0. The van der Waals surface area contributed by atoms with Crippen molar-refractivity contribution in [2.24, 2.45) is 11.7 Å². The Labute approximate surface area is 66.0 Å². The Morgan fingerprint density at radius 2 is 2.27 bits per heavy atom. The normalized spacial score (nSPS) is 32.0. The smallest absolute Gasteiger partial charge is 0.407 e. The first-order chi connectivity index (χ1) is 5.09. The Balaban J connectivity index is 2.49. The minimum Gasteiger partial charge on any atom is -0.465 e. The van der Waals surface area contributed by atoms with Crippen molar-refractivity contribution in [1.29, 1.82) is 0 Å². The maximum absolute atomic E-state index is 10.5. The molecule has 1 aliphatic rings. The highest BCUT2D eigenvalue weighted by atomic mass is 16.4. The first-order valence-electron chi connectivity index (χ1n) is 3.83. The molecule has 0 spiro atoms. The number of carbonyl (C=O) groups is 1. The van der Waals surface area contributed by atoms with Gasteiger partial charge in [-0.05, 0) is 12.3 Å². The standard InChI is InChI=1S/C7H14N2O2/c1-5-2-6(8)4-9(3-5)7(10)11/h5-6H,2-4,8H2,1H3,(H,10,11)/t5-,6-/m1/s1. The largest absolute Gasteiger partial charge is 0.465 e. The van der Waals surface area contributed by atoms with Crippen LogP contribution in [-0.2, 0) is 0 Å². The number of likely N-dealkylation sites (tertiary alicyclic amines) is 1. The SMILES string of the molecule is C[C@@H]1C[C@@H](N)CN(C(=O)O)C1. The van der Waals surface area contributed by atoms with Crippen LogP contribution in [0.3, 0.4) is 0 Å². The number of amides is 1. The molecule has 4 nitrogen and oxygen atoms in total. The van der Waals surface area contributed by atoms with Gasteiger partial charge in [-0.3, -0.25) is 0 Å². The monoisotopic (exact) mass is 158 g/mol. The molecule has 0 saturated carbocycles. The minimum absolute atomic E-state index is 0.0230. The van der Waals surface area contributed by atoms with E-state index < -0.39 is 6.09 Å². The number of carboxylic acid groups (broad SMARTS) is 1. The van der Waals surface area contributed by atoms with Crippen molar-refractivity contribution in [2.75, 3.05) is 13.1 Å². The van der Waals surface area contributed by atoms with E-state index in [4.69, 9.17) is 10.8 Å². The van der Waals surface area contributed by atoms with Crippen LogP contribution in [-0.4, -0.2) is 35.2 Å². The number of hydrogen-bond acceptors (Lipinski definition) is 2. The zero-order chi connectivity index (χ0) is 8.43. The molecule has 1 rings (SSSR count). The van der Waals surface area contributed by atoms with Gasteiger partial charge in [0.2, 0.25) is 0 Å². The van der Waals surface area contributed by atoms with Gasteiger partial charge in [0.25, 0.3) is 0 Å². The van der Waals surface area contributed by atoms with E-state index in [2.05, 4.69) is 0 Å². The molecule has 0 aromatic heterocycles. The Morgan fingerprint density at radius 3 is 2.73 bits per heavy atom. The summed E-state index contributed by atoms with van der Waals surface area (Å²) in [7, 11) is 0. The first-order valence-corrected chi connectivity index (χ1v) is 3.83. The molecule has 11 heavy (non-hydrogen) atoms. The fourth-order valence-electron chi connectivity index (χ4n) is 1.56. The van der Waals surface area contributed by atoms with Crippen molar-refractivity contribution < 1.29 is 9.90 Å². The highest BCUT2D eigenvalue weighted by Gasteiger charge is 2.24. The van der Waals surface area contributed by atoms with Crippen LogP contribution in [0.5, 0.6) is 0 Å². The van der Waals surface area contributed by atoms with Gasteiger partial charge in [-0.2, -0.15) is 0 Å². The summed E-state index contributed by atoms with van der Waals surface area (Å²) in [6.45, 7) is 3.14. The highest BCUT2D eigenvalue weighted by Crippen LogP contribution is 2.14. The lowest BCUT2D eigenvalue weighted by Gasteiger charge is -2.32. The molecular formula is C7H14N2O2. The van der Waals surface area contributed by atoms with Crippen LogP contribution in [0, 0.1) is 5.92 Å². The predicted molar refractivity (Wildman–Crippen MR) is 41.4 cm³/mol. The molecule has 1 fully saturated rings. The lowest BCUT2D eigenvalue weighted by Crippen LogP contribution is -2.48. The lowest BCUT2D eigenvalue weighted by atomic mass is 9.97. The molecule has 0 aromatic carbocycles. The third-order valence-electron chi connectivity index (χ3n) is 1.96. The maximum Gasteiger partial charge on any atom is 0.407 e. The quantitative estimate of drug-likeness (QED) is 0.534. The summed E-state index contributed by atoms with van der Waals surface area (Å²) in [5.41, 5.74) is 5.65. The Hall–Kier alpha value is -0.770. The fourth-order valence-corrected chi connectivity index (χ4v) is 1.56.